The van der Waals surface area contributed by atoms with Crippen molar-refractivity contribution in [2.24, 2.45) is 0 Å². The van der Waals surface area contributed by atoms with Crippen LogP contribution in [-0.2, 0) is 28.7 Å². The maximum Gasteiger partial charge on any atom is 0.335 e. The molecular weight excluding hydrogens is 572 g/mol. The van der Waals surface area contributed by atoms with Crippen LogP contribution < -0.4 is 9.47 Å². The number of aliphatic carboxylic acids is 1. The molecule has 14 nitrogen and oxygen atoms in total. The Morgan fingerprint density at radius 3 is 2.26 bits per heavy atom. The van der Waals surface area contributed by atoms with Gasteiger partial charge in [-0.3, -0.25) is 9.59 Å². The van der Waals surface area contributed by atoms with Crippen molar-refractivity contribution in [3.05, 3.63) is 59.4 Å². The van der Waals surface area contributed by atoms with Crippen molar-refractivity contribution >= 4 is 30.3 Å². The lowest BCUT2D eigenvalue weighted by molar-refractivity contribution is -0.271. The molecule has 6 N–H and O–H groups in total. The summed E-state index contributed by atoms with van der Waals surface area (Å²) in [7, 11) is 1.00. The Kier molecular flexibility index (Phi) is 13.7. The lowest BCUT2D eigenvalue weighted by Crippen LogP contribution is -2.61. The number of aromatic hydroxyl groups is 1. The van der Waals surface area contributed by atoms with Crippen molar-refractivity contribution in [2.75, 3.05) is 7.11 Å². The molecule has 1 fully saturated rings. The van der Waals surface area contributed by atoms with E-state index in [4.69, 9.17) is 24.1 Å². The molecule has 234 valence electrons. The number of rotatable bonds is 13. The van der Waals surface area contributed by atoms with Gasteiger partial charge in [0.15, 0.2) is 29.6 Å². The number of ether oxygens (including phenoxy) is 4. The Morgan fingerprint density at radius 2 is 1.65 bits per heavy atom. The number of aldehydes is 2. The van der Waals surface area contributed by atoms with Crippen LogP contribution in [-0.4, -0.2) is 93.0 Å². The molecule has 2 aromatic carbocycles. The van der Waals surface area contributed by atoms with Gasteiger partial charge in [0.05, 0.1) is 0 Å². The number of para-hydroxylation sites is 1. The fraction of sp³-hybridized carbons (Fsp3) is 0.379. The number of aryl methyl sites for hydroxylation is 1. The summed E-state index contributed by atoms with van der Waals surface area (Å²) < 4.78 is 21.7. The number of carboxylic acid groups (broad SMARTS) is 1. The molecule has 0 aromatic heterocycles. The minimum absolute atomic E-state index is 0.0670. The van der Waals surface area contributed by atoms with E-state index in [0.717, 1.165) is 19.5 Å². The second kappa shape index (κ2) is 16.9. The number of phenols is 1. The highest BCUT2D eigenvalue weighted by Crippen LogP contribution is 2.35. The van der Waals surface area contributed by atoms with Gasteiger partial charge in [0.1, 0.15) is 30.3 Å². The molecule has 0 radical (unpaired) electrons. The van der Waals surface area contributed by atoms with Crippen molar-refractivity contribution in [3.63, 3.8) is 0 Å². The van der Waals surface area contributed by atoms with Crippen molar-refractivity contribution in [2.45, 2.75) is 63.3 Å². The SMILES string of the molecule is CO.Cc1ccccc1O/C(=C(\C=O)OC(=O)CCCCC=O)c1ccc(OC2OC(C(=O)O)C(O)C(O)C2O)c(O)c1. The Labute approximate surface area is 246 Å². The number of carboxylic acids is 1. The highest BCUT2D eigenvalue weighted by atomic mass is 16.7. The van der Waals surface area contributed by atoms with E-state index in [1.807, 2.05) is 0 Å². The first-order valence-electron chi connectivity index (χ1n) is 13.0. The predicted molar refractivity (Wildman–Crippen MR) is 147 cm³/mol. The summed E-state index contributed by atoms with van der Waals surface area (Å²) in [5.74, 6) is -3.66. The van der Waals surface area contributed by atoms with Crippen LogP contribution in [0, 0.1) is 6.92 Å². The van der Waals surface area contributed by atoms with Crippen LogP contribution in [0.5, 0.6) is 17.2 Å². The number of benzene rings is 2. The summed E-state index contributed by atoms with van der Waals surface area (Å²) in [6, 6.07) is 10.4. The van der Waals surface area contributed by atoms with E-state index < -0.39 is 54.2 Å². The molecule has 14 heteroatoms. The minimum atomic E-state index is -1.93. The summed E-state index contributed by atoms with van der Waals surface area (Å²) in [4.78, 5) is 46.2. The van der Waals surface area contributed by atoms with Crippen molar-refractivity contribution < 1.29 is 68.8 Å². The molecule has 5 atom stereocenters. The zero-order valence-corrected chi connectivity index (χ0v) is 23.4. The van der Waals surface area contributed by atoms with E-state index in [2.05, 4.69) is 0 Å². The largest absolute Gasteiger partial charge is 0.504 e. The third-order valence-electron chi connectivity index (χ3n) is 6.09. The van der Waals surface area contributed by atoms with Crippen LogP contribution >= 0.6 is 0 Å². The summed E-state index contributed by atoms with van der Waals surface area (Å²) in [6.45, 7) is 1.74. The molecule has 1 saturated heterocycles. The molecule has 0 bridgehead atoms. The highest BCUT2D eigenvalue weighted by molar-refractivity contribution is 5.88. The number of esters is 1. The minimum Gasteiger partial charge on any atom is -0.504 e. The number of aliphatic hydroxyl groups is 4. The fourth-order valence-electron chi connectivity index (χ4n) is 3.86. The second-order valence-corrected chi connectivity index (χ2v) is 9.10. The summed E-state index contributed by atoms with van der Waals surface area (Å²) in [6.07, 6.45) is -7.40. The van der Waals surface area contributed by atoms with Gasteiger partial charge in [-0.2, -0.15) is 0 Å². The number of phenolic OH excluding ortho intramolecular Hbond substituents is 1. The molecule has 0 amide bonds. The molecule has 0 aliphatic carbocycles. The van der Waals surface area contributed by atoms with E-state index in [1.54, 1.807) is 31.2 Å². The molecule has 0 spiro atoms. The topological polar surface area (TPSA) is 227 Å². The first-order valence-corrected chi connectivity index (χ1v) is 13.0. The van der Waals surface area contributed by atoms with Crippen LogP contribution in [0.3, 0.4) is 0 Å². The van der Waals surface area contributed by atoms with E-state index >= 15 is 0 Å². The number of hydrogen-bond donors (Lipinski definition) is 6. The third-order valence-corrected chi connectivity index (χ3v) is 6.09. The smallest absolute Gasteiger partial charge is 0.335 e. The summed E-state index contributed by atoms with van der Waals surface area (Å²) in [5, 5.41) is 57.0. The summed E-state index contributed by atoms with van der Waals surface area (Å²) >= 11 is 0. The van der Waals surface area contributed by atoms with Gasteiger partial charge in [-0.15, -0.1) is 0 Å². The van der Waals surface area contributed by atoms with E-state index in [1.165, 1.54) is 12.1 Å². The number of carbonyl (C=O) groups is 4. The number of aliphatic hydroxyl groups excluding tert-OH is 4. The predicted octanol–water partition coefficient (Wildman–Crippen LogP) is 0.829. The van der Waals surface area contributed by atoms with Crippen LogP contribution in [0.2, 0.25) is 0 Å². The van der Waals surface area contributed by atoms with Gasteiger partial charge in [0, 0.05) is 25.5 Å². The zero-order valence-electron chi connectivity index (χ0n) is 23.4. The van der Waals surface area contributed by atoms with Gasteiger partial charge >= 0.3 is 11.9 Å². The van der Waals surface area contributed by atoms with Crippen LogP contribution in [0.15, 0.2) is 48.2 Å². The fourth-order valence-corrected chi connectivity index (χ4v) is 3.86. The lowest BCUT2D eigenvalue weighted by Gasteiger charge is -2.38. The first kappa shape index (κ1) is 34.9. The van der Waals surface area contributed by atoms with Crippen molar-refractivity contribution in [3.8, 4) is 17.2 Å². The van der Waals surface area contributed by atoms with Gasteiger partial charge in [-0.05, 0) is 49.6 Å². The van der Waals surface area contributed by atoms with E-state index in [-0.39, 0.29) is 36.2 Å². The van der Waals surface area contributed by atoms with Gasteiger partial charge in [-0.25, -0.2) is 4.79 Å². The molecule has 2 aromatic rings. The van der Waals surface area contributed by atoms with Crippen LogP contribution in [0.1, 0.15) is 36.8 Å². The molecule has 3 rings (SSSR count). The molecule has 1 aliphatic rings. The Hall–Kier alpha value is -4.34. The number of unbranched alkanes of at least 4 members (excludes halogenated alkanes) is 2. The molecule has 5 unspecified atom stereocenters. The monoisotopic (exact) mass is 606 g/mol. The number of hydrogen-bond acceptors (Lipinski definition) is 13. The Bertz CT molecular complexity index is 1290. The zero-order chi connectivity index (χ0) is 32.1. The van der Waals surface area contributed by atoms with E-state index in [0.29, 0.717) is 24.2 Å². The van der Waals surface area contributed by atoms with Gasteiger partial charge < -0.3 is 54.4 Å². The average molecular weight is 607 g/mol. The second-order valence-electron chi connectivity index (χ2n) is 9.10. The summed E-state index contributed by atoms with van der Waals surface area (Å²) in [5.41, 5.74) is 0.745. The maximum atomic E-state index is 12.4. The van der Waals surface area contributed by atoms with Crippen molar-refractivity contribution in [1.82, 2.24) is 0 Å². The van der Waals surface area contributed by atoms with Crippen LogP contribution in [0.25, 0.3) is 5.76 Å². The number of allylic oxidation sites excluding steroid dienone is 1. The van der Waals surface area contributed by atoms with E-state index in [9.17, 15) is 44.7 Å². The maximum absolute atomic E-state index is 12.4. The Morgan fingerprint density at radius 1 is 0.953 bits per heavy atom. The first-order chi connectivity index (χ1) is 20.6. The van der Waals surface area contributed by atoms with Gasteiger partial charge in [0.2, 0.25) is 12.0 Å². The molecule has 1 heterocycles. The van der Waals surface area contributed by atoms with Gasteiger partial charge in [0.25, 0.3) is 0 Å². The molecule has 0 saturated carbocycles. The normalized spacial score (nSPS) is 21.8. The molecule has 1 aliphatic heterocycles. The number of carbonyl (C=O) groups excluding carboxylic acids is 3. The Balaban J connectivity index is 0.00000316. The van der Waals surface area contributed by atoms with Crippen LogP contribution in [0.4, 0.5) is 0 Å². The highest BCUT2D eigenvalue weighted by Gasteiger charge is 2.48. The van der Waals surface area contributed by atoms with Gasteiger partial charge in [-0.1, -0.05) is 18.2 Å². The molecular formula is C29H34O14. The quantitative estimate of drug-likeness (QED) is 0.0610. The van der Waals surface area contributed by atoms with Crippen molar-refractivity contribution in [1.29, 1.82) is 0 Å². The third kappa shape index (κ3) is 9.33. The average Bonchev–Trinajstić information content (AvgIpc) is 3.00. The molecule has 43 heavy (non-hydrogen) atoms. The lowest BCUT2D eigenvalue weighted by atomic mass is 9.99. The standard InChI is InChI=1S/C28H30O13.CH4O/c1-15-7-4-5-8-18(15)39-25(20(14-30)38-21(32)9-3-2-6-12-29)16-10-11-19(17(31)13-16)40-28-24(35)22(33)23(34)26(41-28)27(36)37;1-2/h4-5,7-8,10-14,22-24,26,28,31,33-35H,2-3,6,9H2,1H3,(H,36,37);2H,1H3/b25-20+;.